The first-order valence-corrected chi connectivity index (χ1v) is 11.0. The molecule has 1 aliphatic heterocycles. The molecule has 37 heavy (non-hydrogen) atoms. The molecule has 1 aromatic heterocycles. The Kier molecular flexibility index (Phi) is 6.95. The molecule has 3 N–H and O–H groups in total. The number of hydrazone groups is 1. The molecule has 3 aromatic rings. The molecule has 2 aromatic carbocycles. The van der Waals surface area contributed by atoms with Gasteiger partial charge in [0.05, 0.1) is 17.7 Å². The summed E-state index contributed by atoms with van der Waals surface area (Å²) < 4.78 is 85.7. The van der Waals surface area contributed by atoms with Gasteiger partial charge in [-0.15, -0.1) is 10.2 Å². The summed E-state index contributed by atoms with van der Waals surface area (Å²) in [6.45, 7) is 1.25. The number of para-hydroxylation sites is 1. The highest BCUT2D eigenvalue weighted by Crippen LogP contribution is 2.37. The van der Waals surface area contributed by atoms with Crippen molar-refractivity contribution in [1.29, 1.82) is 0 Å². The molecule has 0 fully saturated rings. The second-order valence-electron chi connectivity index (χ2n) is 8.22. The molecule has 14 heteroatoms. The van der Waals surface area contributed by atoms with Crippen LogP contribution < -0.4 is 11.0 Å². The van der Waals surface area contributed by atoms with E-state index in [4.69, 9.17) is 4.74 Å². The Balaban J connectivity index is 1.79. The van der Waals surface area contributed by atoms with E-state index in [1.54, 1.807) is 38.2 Å². The van der Waals surface area contributed by atoms with Crippen LogP contribution in [0.15, 0.2) is 47.6 Å². The van der Waals surface area contributed by atoms with Crippen LogP contribution in [0.1, 0.15) is 39.7 Å². The predicted octanol–water partition coefficient (Wildman–Crippen LogP) is 4.61. The van der Waals surface area contributed by atoms with Crippen LogP contribution in [0, 0.1) is 0 Å². The van der Waals surface area contributed by atoms with Crippen LogP contribution >= 0.6 is 0 Å². The maximum atomic E-state index is 13.4. The number of ether oxygens (including phenoxy) is 1. The molecule has 0 saturated carbocycles. The molecule has 0 bridgehead atoms. The van der Waals surface area contributed by atoms with Crippen LogP contribution in [0.2, 0.25) is 0 Å². The summed E-state index contributed by atoms with van der Waals surface area (Å²) in [7, 11) is 1.57. The van der Waals surface area contributed by atoms with Crippen molar-refractivity contribution in [3.8, 4) is 0 Å². The highest BCUT2D eigenvalue weighted by molar-refractivity contribution is 5.98. The lowest BCUT2D eigenvalue weighted by atomic mass is 10.0. The highest BCUT2D eigenvalue weighted by atomic mass is 19.4. The van der Waals surface area contributed by atoms with E-state index >= 15 is 0 Å². The highest BCUT2D eigenvalue weighted by Gasteiger charge is 2.37. The van der Waals surface area contributed by atoms with E-state index in [2.05, 4.69) is 21.0 Å². The second-order valence-corrected chi connectivity index (χ2v) is 8.22. The lowest BCUT2D eigenvalue weighted by Crippen LogP contribution is -2.44. The Bertz CT molecular complexity index is 1300. The fourth-order valence-corrected chi connectivity index (χ4v) is 3.93. The number of carbonyl (C=O) groups is 1. The van der Waals surface area contributed by atoms with Gasteiger partial charge >= 0.3 is 18.3 Å². The molecule has 2 heterocycles. The third-order valence-electron chi connectivity index (χ3n) is 5.54. The Hall–Kier alpha value is -3.94. The summed E-state index contributed by atoms with van der Waals surface area (Å²) in [5.74, 6) is -0.530. The number of fused-ring (bicyclic) bond motifs is 1. The van der Waals surface area contributed by atoms with Crippen LogP contribution in [0.3, 0.4) is 0 Å². The number of hydrazine groups is 2. The Morgan fingerprint density at radius 1 is 1.03 bits per heavy atom. The van der Waals surface area contributed by atoms with Gasteiger partial charge in [-0.05, 0) is 36.8 Å². The molecule has 0 aliphatic carbocycles. The van der Waals surface area contributed by atoms with Crippen LogP contribution in [0.25, 0.3) is 10.9 Å². The molecule has 198 valence electrons. The zero-order valence-electron chi connectivity index (χ0n) is 19.6. The van der Waals surface area contributed by atoms with E-state index in [1.165, 1.54) is 10.0 Å². The minimum Gasteiger partial charge on any atom is -0.461 e. The largest absolute Gasteiger partial charge is 0.461 e. The molecular weight excluding hydrogens is 506 g/mol. The number of aromatic nitrogens is 1. The van der Waals surface area contributed by atoms with Gasteiger partial charge in [0, 0.05) is 36.6 Å². The summed E-state index contributed by atoms with van der Waals surface area (Å²) in [6, 6.07) is 8.36. The van der Waals surface area contributed by atoms with Gasteiger partial charge in [-0.3, -0.25) is 5.43 Å². The summed E-state index contributed by atoms with van der Waals surface area (Å²) >= 11 is 0. The van der Waals surface area contributed by atoms with E-state index in [9.17, 15) is 31.1 Å². The second kappa shape index (κ2) is 9.84. The van der Waals surface area contributed by atoms with Crippen LogP contribution in [0.5, 0.6) is 0 Å². The van der Waals surface area contributed by atoms with E-state index in [-0.39, 0.29) is 36.4 Å². The van der Waals surface area contributed by atoms with E-state index in [1.807, 2.05) is 0 Å². The van der Waals surface area contributed by atoms with Crippen molar-refractivity contribution in [3.05, 3.63) is 70.4 Å². The SMILES string of the molecule is CCOC(=O)c1[nH]c2ccccc2c1CN(Cc1cc(C(F)(F)F)cc(C(F)(F)F)c1)C1=NNN(C)N1. The topological polar surface area (TPSA) is 85.0 Å². The third kappa shape index (κ3) is 5.74. The van der Waals surface area contributed by atoms with Gasteiger partial charge < -0.3 is 14.6 Å². The molecule has 0 amide bonds. The summed E-state index contributed by atoms with van der Waals surface area (Å²) in [5.41, 5.74) is 3.49. The van der Waals surface area contributed by atoms with Crippen molar-refractivity contribution in [3.63, 3.8) is 0 Å². The molecule has 0 unspecified atom stereocenters. The molecule has 0 radical (unpaired) electrons. The van der Waals surface area contributed by atoms with Crippen molar-refractivity contribution in [2.45, 2.75) is 32.4 Å². The van der Waals surface area contributed by atoms with Crippen LogP contribution in [0.4, 0.5) is 26.3 Å². The minimum absolute atomic E-state index is 0.0764. The fraction of sp³-hybridized carbons (Fsp3) is 0.304. The minimum atomic E-state index is -4.99. The van der Waals surface area contributed by atoms with Crippen molar-refractivity contribution >= 4 is 22.8 Å². The molecule has 0 spiro atoms. The average molecular weight is 528 g/mol. The van der Waals surface area contributed by atoms with Crippen molar-refractivity contribution in [2.75, 3.05) is 13.7 Å². The standard InChI is InChI=1S/C23H22F6N6O2/c1-3-37-20(36)19-17(16-6-4-5-7-18(16)30-19)12-35(21-31-33-34(2)32-21)11-13-8-14(22(24,25)26)10-15(9-13)23(27,28)29/h4-10,30,33H,3,11-12H2,1-2H3,(H,31,32). The number of nitrogens with zero attached hydrogens (tertiary/aromatic N) is 3. The molecular formula is C23H22F6N6O2. The van der Waals surface area contributed by atoms with Gasteiger partial charge in [0.15, 0.2) is 0 Å². The third-order valence-corrected chi connectivity index (χ3v) is 5.54. The Morgan fingerprint density at radius 3 is 2.24 bits per heavy atom. The smallest absolute Gasteiger partial charge is 0.416 e. The predicted molar refractivity (Wildman–Crippen MR) is 121 cm³/mol. The van der Waals surface area contributed by atoms with Gasteiger partial charge in [0.2, 0.25) is 5.96 Å². The lowest BCUT2D eigenvalue weighted by molar-refractivity contribution is -0.143. The number of halogens is 6. The first-order chi connectivity index (χ1) is 17.4. The number of hydrogen-bond donors (Lipinski definition) is 3. The number of rotatable bonds is 6. The lowest BCUT2D eigenvalue weighted by Gasteiger charge is -2.25. The maximum Gasteiger partial charge on any atom is 0.416 e. The van der Waals surface area contributed by atoms with E-state index in [0.29, 0.717) is 28.6 Å². The van der Waals surface area contributed by atoms with Gasteiger partial charge in [-0.25, -0.2) is 10.3 Å². The summed E-state index contributed by atoms with van der Waals surface area (Å²) in [6.07, 6.45) is -9.97. The normalized spacial score (nSPS) is 14.3. The van der Waals surface area contributed by atoms with Gasteiger partial charge in [0.25, 0.3) is 0 Å². The first-order valence-electron chi connectivity index (χ1n) is 11.0. The Labute approximate surface area is 206 Å². The summed E-state index contributed by atoms with van der Waals surface area (Å²) in [4.78, 5) is 17.1. The molecule has 0 atom stereocenters. The fourth-order valence-electron chi connectivity index (χ4n) is 3.93. The molecule has 0 saturated heterocycles. The first kappa shape index (κ1) is 26.1. The molecule has 4 rings (SSSR count). The van der Waals surface area contributed by atoms with Crippen LogP contribution in [-0.4, -0.2) is 40.6 Å². The molecule has 1 aliphatic rings. The Morgan fingerprint density at radius 2 is 1.68 bits per heavy atom. The van der Waals surface area contributed by atoms with Crippen molar-refractivity contribution in [1.82, 2.24) is 26.0 Å². The number of benzene rings is 2. The number of carbonyl (C=O) groups excluding carboxylic acids is 1. The van der Waals surface area contributed by atoms with E-state index in [0.717, 1.165) is 0 Å². The van der Waals surface area contributed by atoms with Gasteiger partial charge in [-0.1, -0.05) is 18.2 Å². The number of nitrogens with one attached hydrogen (secondary N) is 3. The van der Waals surface area contributed by atoms with E-state index < -0.39 is 36.0 Å². The number of esters is 1. The average Bonchev–Trinajstić information content (AvgIpc) is 3.41. The molecule has 8 nitrogen and oxygen atoms in total. The number of guanidine groups is 1. The maximum absolute atomic E-state index is 13.4. The number of hydrogen-bond acceptors (Lipinski definition) is 7. The number of H-pyrrole nitrogens is 1. The van der Waals surface area contributed by atoms with Crippen molar-refractivity contribution in [2.24, 2.45) is 5.10 Å². The number of alkyl halides is 6. The summed E-state index contributed by atoms with van der Waals surface area (Å²) in [5, 5.41) is 6.04. The van der Waals surface area contributed by atoms with Crippen LogP contribution in [-0.2, 0) is 30.2 Å². The van der Waals surface area contributed by atoms with Crippen molar-refractivity contribution < 1.29 is 35.9 Å². The van der Waals surface area contributed by atoms with Gasteiger partial charge in [-0.2, -0.15) is 26.3 Å². The monoisotopic (exact) mass is 528 g/mol. The zero-order chi connectivity index (χ0) is 27.0. The quantitative estimate of drug-likeness (QED) is 0.320. The number of aromatic amines is 1. The van der Waals surface area contributed by atoms with Gasteiger partial charge in [0.1, 0.15) is 5.69 Å². The zero-order valence-corrected chi connectivity index (χ0v) is 19.6.